The van der Waals surface area contributed by atoms with Gasteiger partial charge in [0.2, 0.25) is 0 Å². The van der Waals surface area contributed by atoms with E-state index in [1.54, 1.807) is 0 Å². The number of halogens is 2. The smallest absolute Gasteiger partial charge is 0.231 e. The minimum atomic E-state index is -2.91. The average molecular weight is 142 g/mol. The minimum absolute atomic E-state index is 0.480. The minimum Gasteiger partial charge on any atom is -0.231 e. The molecule has 0 saturated heterocycles. The van der Waals surface area contributed by atoms with Crippen LogP contribution in [-0.4, -0.2) is 19.6 Å². The molecule has 5 heteroatoms. The molecule has 0 aromatic carbocycles. The molecule has 1 rings (SSSR count). The predicted molar refractivity (Wildman–Crippen MR) is 23.7 cm³/mol. The third-order valence-corrected chi connectivity index (χ3v) is 2.12. The topological polar surface area (TPSA) is 34.1 Å². The highest BCUT2D eigenvalue weighted by Crippen LogP contribution is 2.43. The van der Waals surface area contributed by atoms with E-state index in [-0.39, 0.29) is 0 Å². The van der Waals surface area contributed by atoms with Gasteiger partial charge in [0.05, 0.1) is 0 Å². The molecule has 1 unspecified atom stereocenters. The van der Waals surface area contributed by atoms with Crippen LogP contribution in [0.3, 0.4) is 0 Å². The summed E-state index contributed by atoms with van der Waals surface area (Å²) in [6, 6.07) is 0. The highest BCUT2D eigenvalue weighted by atomic mass is 32.2. The molecule has 1 saturated carbocycles. The molecule has 2 nitrogen and oxygen atoms in total. The van der Waals surface area contributed by atoms with Crippen molar-refractivity contribution in [2.75, 3.05) is 0 Å². The molecule has 0 N–H and O–H groups in total. The van der Waals surface area contributed by atoms with Gasteiger partial charge >= 0.3 is 0 Å². The van der Waals surface area contributed by atoms with E-state index < -0.39 is 28.3 Å². The predicted octanol–water partition coefficient (Wildman–Crippen LogP) is 0.00540. The summed E-state index contributed by atoms with van der Waals surface area (Å²) < 4.78 is 42.8. The standard InChI is InChI=1S/C3H4F2O2S/c4-3(5)1-2(3)8(6)7/h2,8H,1H2. The first-order chi connectivity index (χ1) is 3.54. The van der Waals surface area contributed by atoms with E-state index >= 15 is 0 Å². The Morgan fingerprint density at radius 1 is 1.50 bits per heavy atom. The first-order valence-corrected chi connectivity index (χ1v) is 3.30. The Bertz CT molecular complexity index is 166. The molecule has 0 aliphatic heterocycles. The second-order valence-electron chi connectivity index (χ2n) is 1.77. The highest BCUT2D eigenvalue weighted by molar-refractivity contribution is 7.73. The van der Waals surface area contributed by atoms with Crippen LogP contribution in [0.4, 0.5) is 8.78 Å². The van der Waals surface area contributed by atoms with E-state index in [0.29, 0.717) is 0 Å². The molecule has 1 aliphatic rings. The molecule has 0 aromatic heterocycles. The van der Waals surface area contributed by atoms with E-state index in [4.69, 9.17) is 0 Å². The lowest BCUT2D eigenvalue weighted by molar-refractivity contribution is 0.121. The van der Waals surface area contributed by atoms with Crippen molar-refractivity contribution in [1.29, 1.82) is 0 Å². The van der Waals surface area contributed by atoms with E-state index in [1.807, 2.05) is 0 Å². The molecule has 1 atom stereocenters. The van der Waals surface area contributed by atoms with Gasteiger partial charge in [-0.05, 0) is 0 Å². The van der Waals surface area contributed by atoms with Gasteiger partial charge in [0.15, 0.2) is 0 Å². The van der Waals surface area contributed by atoms with Crippen molar-refractivity contribution in [3.63, 3.8) is 0 Å². The quantitative estimate of drug-likeness (QED) is 0.523. The summed E-state index contributed by atoms with van der Waals surface area (Å²) in [5, 5.41) is -1.36. The molecule has 0 bridgehead atoms. The summed E-state index contributed by atoms with van der Waals surface area (Å²) in [7, 11) is -2.89. The summed E-state index contributed by atoms with van der Waals surface area (Å²) in [5.41, 5.74) is 0. The lowest BCUT2D eigenvalue weighted by Crippen LogP contribution is -1.98. The van der Waals surface area contributed by atoms with E-state index in [1.165, 1.54) is 0 Å². The lowest BCUT2D eigenvalue weighted by atomic mass is 10.8. The molecule has 8 heavy (non-hydrogen) atoms. The van der Waals surface area contributed by atoms with Crippen LogP contribution in [0.5, 0.6) is 0 Å². The molecule has 0 spiro atoms. The second-order valence-corrected chi connectivity index (χ2v) is 2.96. The van der Waals surface area contributed by atoms with Crippen LogP contribution in [0, 0.1) is 0 Å². The summed E-state index contributed by atoms with van der Waals surface area (Å²) in [5.74, 6) is -2.91. The normalized spacial score (nSPS) is 33.1. The fourth-order valence-corrected chi connectivity index (χ4v) is 1.13. The maximum Gasteiger partial charge on any atom is 0.266 e. The lowest BCUT2D eigenvalue weighted by Gasteiger charge is -1.82. The van der Waals surface area contributed by atoms with Crippen LogP contribution < -0.4 is 0 Å². The first-order valence-electron chi connectivity index (χ1n) is 2.05. The molecule has 0 radical (unpaired) electrons. The Morgan fingerprint density at radius 2 is 1.88 bits per heavy atom. The second kappa shape index (κ2) is 1.40. The molecule has 48 valence electrons. The molecule has 1 fully saturated rings. The van der Waals surface area contributed by atoms with Gasteiger partial charge in [-0.2, -0.15) is 0 Å². The van der Waals surface area contributed by atoms with Crippen LogP contribution in [0.2, 0.25) is 0 Å². The van der Waals surface area contributed by atoms with E-state index in [9.17, 15) is 17.2 Å². The Kier molecular flexibility index (Phi) is 1.04. The number of alkyl halides is 2. The van der Waals surface area contributed by atoms with E-state index in [0.717, 1.165) is 0 Å². The van der Waals surface area contributed by atoms with Gasteiger partial charge in [-0.15, -0.1) is 0 Å². The van der Waals surface area contributed by atoms with Gasteiger partial charge in [-0.3, -0.25) is 0 Å². The maximum absolute atomic E-state index is 11.7. The van der Waals surface area contributed by atoms with Crippen molar-refractivity contribution in [3.8, 4) is 0 Å². The Hall–Kier alpha value is -0.190. The van der Waals surface area contributed by atoms with E-state index in [2.05, 4.69) is 0 Å². The SMILES string of the molecule is O=[SH](=O)C1CC1(F)F. The monoisotopic (exact) mass is 142 g/mol. The molecule has 0 aromatic rings. The van der Waals surface area contributed by atoms with Crippen LogP contribution in [0.25, 0.3) is 0 Å². The molecule has 0 amide bonds. The zero-order valence-electron chi connectivity index (χ0n) is 3.80. The average Bonchev–Trinajstić information content (AvgIpc) is 2.13. The third kappa shape index (κ3) is 0.819. The number of rotatable bonds is 1. The van der Waals surface area contributed by atoms with Crippen molar-refractivity contribution in [3.05, 3.63) is 0 Å². The maximum atomic E-state index is 11.7. The van der Waals surface area contributed by atoms with Crippen molar-refractivity contribution in [2.24, 2.45) is 0 Å². The van der Waals surface area contributed by atoms with Gasteiger partial charge in [0, 0.05) is 6.42 Å². The molecule has 1 aliphatic carbocycles. The van der Waals surface area contributed by atoms with Crippen molar-refractivity contribution < 1.29 is 17.2 Å². The molecular formula is C3H4F2O2S. The summed E-state index contributed by atoms with van der Waals surface area (Å²) in [4.78, 5) is 0. The zero-order chi connectivity index (χ0) is 6.36. The zero-order valence-corrected chi connectivity index (χ0v) is 4.70. The largest absolute Gasteiger partial charge is 0.266 e. The fraction of sp³-hybridized carbons (Fsp3) is 1.00. The van der Waals surface area contributed by atoms with Gasteiger partial charge in [0.1, 0.15) is 16.0 Å². The fourth-order valence-electron chi connectivity index (χ4n) is 0.428. The Morgan fingerprint density at radius 3 is 1.88 bits per heavy atom. The van der Waals surface area contributed by atoms with Crippen molar-refractivity contribution in [2.45, 2.75) is 17.6 Å². The Labute approximate surface area is 46.5 Å². The summed E-state index contributed by atoms with van der Waals surface area (Å²) in [6.07, 6.45) is -0.480. The van der Waals surface area contributed by atoms with Crippen molar-refractivity contribution >= 4 is 10.7 Å². The Balaban J connectivity index is 2.61. The van der Waals surface area contributed by atoms with Crippen LogP contribution in [0.1, 0.15) is 6.42 Å². The van der Waals surface area contributed by atoms with Gasteiger partial charge in [-0.25, -0.2) is 17.2 Å². The van der Waals surface area contributed by atoms with Crippen molar-refractivity contribution in [1.82, 2.24) is 0 Å². The molecule has 0 heterocycles. The molecular weight excluding hydrogens is 138 g/mol. The number of hydrogen-bond acceptors (Lipinski definition) is 2. The number of hydrogen-bond donors (Lipinski definition) is 1. The number of thiol groups is 1. The van der Waals surface area contributed by atoms with Crippen LogP contribution >= 0.6 is 0 Å². The van der Waals surface area contributed by atoms with Gasteiger partial charge in [-0.1, -0.05) is 0 Å². The van der Waals surface area contributed by atoms with Crippen LogP contribution in [0.15, 0.2) is 0 Å². The van der Waals surface area contributed by atoms with Gasteiger partial charge < -0.3 is 0 Å². The van der Waals surface area contributed by atoms with Gasteiger partial charge in [0.25, 0.3) is 5.92 Å². The summed E-state index contributed by atoms with van der Waals surface area (Å²) >= 11 is 0. The summed E-state index contributed by atoms with van der Waals surface area (Å²) in [6.45, 7) is 0. The van der Waals surface area contributed by atoms with Crippen LogP contribution in [-0.2, 0) is 10.7 Å². The first kappa shape index (κ1) is 5.94. The highest BCUT2D eigenvalue weighted by Gasteiger charge is 2.59. The third-order valence-electron chi connectivity index (χ3n) is 1.05.